The molecule has 3 rings (SSSR count). The number of thioether (sulfide) groups is 1. The van der Waals surface area contributed by atoms with Crippen LogP contribution in [-0.4, -0.2) is 33.7 Å². The van der Waals surface area contributed by atoms with Crippen LogP contribution in [0.3, 0.4) is 0 Å². The molecular formula is C19H18N4O3S. The Balaban J connectivity index is 1.92. The predicted octanol–water partition coefficient (Wildman–Crippen LogP) is 1.14. The molecule has 8 heteroatoms. The van der Waals surface area contributed by atoms with Gasteiger partial charge in [0.15, 0.2) is 5.16 Å². The molecule has 0 saturated heterocycles. The van der Waals surface area contributed by atoms with Gasteiger partial charge < -0.3 is 11.1 Å². The third-order valence-corrected chi connectivity index (χ3v) is 4.78. The molecule has 3 aromatic rings. The van der Waals surface area contributed by atoms with E-state index >= 15 is 0 Å². The Bertz CT molecular complexity index is 1030. The van der Waals surface area contributed by atoms with Crippen molar-refractivity contribution in [1.82, 2.24) is 14.9 Å². The molecule has 2 aromatic carbocycles. The maximum Gasteiger partial charge on any atom is 0.262 e. The van der Waals surface area contributed by atoms with Crippen molar-refractivity contribution in [2.75, 3.05) is 12.3 Å². The van der Waals surface area contributed by atoms with Gasteiger partial charge in [-0.3, -0.25) is 19.0 Å². The number of hydrogen-bond donors (Lipinski definition) is 2. The van der Waals surface area contributed by atoms with E-state index < -0.39 is 5.91 Å². The zero-order valence-electron chi connectivity index (χ0n) is 14.4. The van der Waals surface area contributed by atoms with Crippen LogP contribution in [0.5, 0.6) is 0 Å². The lowest BCUT2D eigenvalue weighted by Gasteiger charge is -2.13. The second-order valence-corrected chi connectivity index (χ2v) is 6.76. The number of nitrogens with zero attached hydrogens (tertiary/aromatic N) is 2. The molecule has 0 fully saturated rings. The standard InChI is InChI=1S/C19H18N4O3S/c20-16(24)10-21-17(25)12-27-19-22-15-9-5-4-8-14(15)18(26)23(19)11-13-6-2-1-3-7-13/h1-9H,10-12H2,(H2,20,24)(H,21,25). The van der Waals surface area contributed by atoms with Gasteiger partial charge in [-0.2, -0.15) is 0 Å². The summed E-state index contributed by atoms with van der Waals surface area (Å²) in [6.07, 6.45) is 0. The molecule has 27 heavy (non-hydrogen) atoms. The van der Waals surface area contributed by atoms with E-state index in [0.29, 0.717) is 22.6 Å². The first-order chi connectivity index (χ1) is 13.0. The van der Waals surface area contributed by atoms with Crippen LogP contribution in [0, 0.1) is 0 Å². The first kappa shape index (κ1) is 18.7. The number of aromatic nitrogens is 2. The molecule has 0 atom stereocenters. The van der Waals surface area contributed by atoms with Crippen LogP contribution in [0.25, 0.3) is 10.9 Å². The highest BCUT2D eigenvalue weighted by atomic mass is 32.2. The maximum atomic E-state index is 13.0. The Hall–Kier alpha value is -3.13. The van der Waals surface area contributed by atoms with Crippen molar-refractivity contribution < 1.29 is 9.59 Å². The number of nitrogens with two attached hydrogens (primary N) is 1. The number of nitrogens with one attached hydrogen (secondary N) is 1. The Morgan fingerprint density at radius 3 is 2.52 bits per heavy atom. The molecule has 2 amide bonds. The SMILES string of the molecule is NC(=O)CNC(=O)CSc1nc2ccccc2c(=O)n1Cc1ccccc1. The summed E-state index contributed by atoms with van der Waals surface area (Å²) < 4.78 is 1.56. The second kappa shape index (κ2) is 8.50. The van der Waals surface area contributed by atoms with Gasteiger partial charge in [0, 0.05) is 0 Å². The van der Waals surface area contributed by atoms with Crippen molar-refractivity contribution in [3.63, 3.8) is 0 Å². The number of rotatable bonds is 7. The first-order valence-corrected chi connectivity index (χ1v) is 9.24. The van der Waals surface area contributed by atoms with Gasteiger partial charge in [0.2, 0.25) is 11.8 Å². The number of hydrogen-bond acceptors (Lipinski definition) is 5. The average Bonchev–Trinajstić information content (AvgIpc) is 2.68. The Labute approximate surface area is 159 Å². The number of primary amides is 1. The van der Waals surface area contributed by atoms with Crippen LogP contribution in [0.2, 0.25) is 0 Å². The van der Waals surface area contributed by atoms with Crippen LogP contribution in [0.1, 0.15) is 5.56 Å². The quantitative estimate of drug-likeness (QED) is 0.471. The van der Waals surface area contributed by atoms with Crippen LogP contribution in [0.4, 0.5) is 0 Å². The number of carbonyl (C=O) groups excluding carboxylic acids is 2. The lowest BCUT2D eigenvalue weighted by atomic mass is 10.2. The molecule has 0 spiro atoms. The zero-order valence-corrected chi connectivity index (χ0v) is 15.2. The van der Waals surface area contributed by atoms with Crippen molar-refractivity contribution in [1.29, 1.82) is 0 Å². The number of fused-ring (bicyclic) bond motifs is 1. The predicted molar refractivity (Wildman–Crippen MR) is 104 cm³/mol. The van der Waals surface area contributed by atoms with Crippen LogP contribution in [0.15, 0.2) is 64.5 Å². The van der Waals surface area contributed by atoms with Gasteiger partial charge in [0.25, 0.3) is 5.56 Å². The molecule has 0 saturated carbocycles. The summed E-state index contributed by atoms with van der Waals surface area (Å²) in [6, 6.07) is 16.7. The van der Waals surface area contributed by atoms with E-state index in [1.165, 1.54) is 0 Å². The van der Waals surface area contributed by atoms with Crippen LogP contribution >= 0.6 is 11.8 Å². The molecule has 138 valence electrons. The van der Waals surface area contributed by atoms with Gasteiger partial charge in [-0.15, -0.1) is 0 Å². The van der Waals surface area contributed by atoms with Gasteiger partial charge in [0.05, 0.1) is 29.7 Å². The molecule has 0 aliphatic carbocycles. The first-order valence-electron chi connectivity index (χ1n) is 8.26. The fourth-order valence-electron chi connectivity index (χ4n) is 2.53. The van der Waals surface area contributed by atoms with E-state index in [-0.39, 0.29) is 23.8 Å². The minimum Gasteiger partial charge on any atom is -0.368 e. The van der Waals surface area contributed by atoms with Crippen molar-refractivity contribution in [3.05, 3.63) is 70.5 Å². The van der Waals surface area contributed by atoms with Gasteiger partial charge in [-0.25, -0.2) is 4.98 Å². The van der Waals surface area contributed by atoms with Crippen molar-refractivity contribution in [3.8, 4) is 0 Å². The third-order valence-electron chi connectivity index (χ3n) is 3.80. The minimum absolute atomic E-state index is 0.0207. The van der Waals surface area contributed by atoms with E-state index in [1.54, 1.807) is 22.8 Å². The largest absolute Gasteiger partial charge is 0.368 e. The molecule has 0 radical (unpaired) electrons. The summed E-state index contributed by atoms with van der Waals surface area (Å²) in [4.78, 5) is 40.2. The second-order valence-electron chi connectivity index (χ2n) is 5.82. The molecule has 3 N–H and O–H groups in total. The molecule has 7 nitrogen and oxygen atoms in total. The minimum atomic E-state index is -0.613. The van der Waals surface area contributed by atoms with E-state index in [1.807, 2.05) is 36.4 Å². The van der Waals surface area contributed by atoms with Crippen LogP contribution < -0.4 is 16.6 Å². The highest BCUT2D eigenvalue weighted by Crippen LogP contribution is 2.18. The molecule has 0 aliphatic rings. The molecule has 0 bridgehead atoms. The fraction of sp³-hybridized carbons (Fsp3) is 0.158. The van der Waals surface area contributed by atoms with Gasteiger partial charge in [-0.1, -0.05) is 54.2 Å². The van der Waals surface area contributed by atoms with E-state index in [0.717, 1.165) is 17.3 Å². The summed E-state index contributed by atoms with van der Waals surface area (Å²) >= 11 is 1.14. The molecule has 0 aliphatic heterocycles. The summed E-state index contributed by atoms with van der Waals surface area (Å²) in [6.45, 7) is 0.129. The summed E-state index contributed by atoms with van der Waals surface area (Å²) in [5, 5.41) is 3.39. The van der Waals surface area contributed by atoms with Crippen molar-refractivity contribution in [2.45, 2.75) is 11.7 Å². The molecule has 1 heterocycles. The lowest BCUT2D eigenvalue weighted by molar-refractivity contribution is -0.123. The number of para-hydroxylation sites is 1. The smallest absolute Gasteiger partial charge is 0.262 e. The zero-order chi connectivity index (χ0) is 19.2. The van der Waals surface area contributed by atoms with Crippen molar-refractivity contribution >= 4 is 34.5 Å². The Morgan fingerprint density at radius 2 is 1.78 bits per heavy atom. The van der Waals surface area contributed by atoms with E-state index in [2.05, 4.69) is 10.3 Å². The van der Waals surface area contributed by atoms with E-state index in [4.69, 9.17) is 5.73 Å². The topological polar surface area (TPSA) is 107 Å². The highest BCUT2D eigenvalue weighted by molar-refractivity contribution is 7.99. The highest BCUT2D eigenvalue weighted by Gasteiger charge is 2.14. The lowest BCUT2D eigenvalue weighted by Crippen LogP contribution is -2.34. The number of carbonyl (C=O) groups is 2. The summed E-state index contributed by atoms with van der Waals surface area (Å²) in [7, 11) is 0. The summed E-state index contributed by atoms with van der Waals surface area (Å²) in [5.74, 6) is -0.946. The number of benzene rings is 2. The Morgan fingerprint density at radius 1 is 1.07 bits per heavy atom. The molecule has 0 unspecified atom stereocenters. The van der Waals surface area contributed by atoms with Crippen molar-refractivity contribution in [2.24, 2.45) is 5.73 Å². The van der Waals surface area contributed by atoms with Crippen LogP contribution in [-0.2, 0) is 16.1 Å². The fourth-order valence-corrected chi connectivity index (χ4v) is 3.36. The molecule has 1 aromatic heterocycles. The number of amides is 2. The monoisotopic (exact) mass is 382 g/mol. The molecular weight excluding hydrogens is 364 g/mol. The van der Waals surface area contributed by atoms with Gasteiger partial charge in [0.1, 0.15) is 0 Å². The van der Waals surface area contributed by atoms with E-state index in [9.17, 15) is 14.4 Å². The third kappa shape index (κ3) is 4.73. The van der Waals surface area contributed by atoms with Gasteiger partial charge in [-0.05, 0) is 17.7 Å². The normalized spacial score (nSPS) is 10.7. The van der Waals surface area contributed by atoms with Gasteiger partial charge >= 0.3 is 0 Å². The maximum absolute atomic E-state index is 13.0. The summed E-state index contributed by atoms with van der Waals surface area (Å²) in [5.41, 5.74) is 6.39. The average molecular weight is 382 g/mol. The Kier molecular flexibility index (Phi) is 5.87.